The largest absolute Gasteiger partial charge is 0.353 e. The van der Waals surface area contributed by atoms with Gasteiger partial charge in [0.1, 0.15) is 0 Å². The van der Waals surface area contributed by atoms with Gasteiger partial charge in [-0.05, 0) is 75.1 Å². The van der Waals surface area contributed by atoms with Crippen LogP contribution in [0.3, 0.4) is 0 Å². The zero-order valence-corrected chi connectivity index (χ0v) is 19.4. The summed E-state index contributed by atoms with van der Waals surface area (Å²) in [6.45, 7) is 4.16. The van der Waals surface area contributed by atoms with Crippen molar-refractivity contribution < 1.29 is 4.79 Å². The maximum Gasteiger partial charge on any atom is 0.266 e. The molecule has 4 unspecified atom stereocenters. The second kappa shape index (κ2) is 8.74. The molecule has 0 aliphatic heterocycles. The van der Waals surface area contributed by atoms with E-state index in [1.54, 1.807) is 10.6 Å². The number of hydrogen-bond donors (Lipinski definition) is 1. The Labute approximate surface area is 192 Å². The van der Waals surface area contributed by atoms with Gasteiger partial charge in [0.05, 0.1) is 22.3 Å². The lowest BCUT2D eigenvalue weighted by atomic mass is 9.84. The van der Waals surface area contributed by atoms with Gasteiger partial charge < -0.3 is 5.32 Å². The number of nitrogens with one attached hydrogen (secondary N) is 1. The fraction of sp³-hybridized carbons (Fsp3) is 0.423. The van der Waals surface area contributed by atoms with Crippen molar-refractivity contribution in [1.29, 1.82) is 0 Å². The molecule has 0 saturated heterocycles. The minimum absolute atomic E-state index is 0.00290. The Balaban J connectivity index is 1.37. The maximum atomic E-state index is 13.3. The van der Waals surface area contributed by atoms with Crippen LogP contribution in [0.5, 0.6) is 0 Å². The number of rotatable bonds is 6. The minimum Gasteiger partial charge on any atom is -0.353 e. The van der Waals surface area contributed by atoms with Gasteiger partial charge in [0.25, 0.3) is 5.56 Å². The van der Waals surface area contributed by atoms with Gasteiger partial charge >= 0.3 is 0 Å². The molecule has 2 aliphatic carbocycles. The molecule has 166 valence electrons. The smallest absolute Gasteiger partial charge is 0.266 e. The van der Waals surface area contributed by atoms with Crippen LogP contribution >= 0.6 is 11.8 Å². The van der Waals surface area contributed by atoms with Crippen LogP contribution in [0.1, 0.15) is 38.2 Å². The van der Waals surface area contributed by atoms with E-state index in [2.05, 4.69) is 12.2 Å². The molecule has 3 aromatic rings. The van der Waals surface area contributed by atoms with Crippen LogP contribution in [0.25, 0.3) is 16.6 Å². The highest BCUT2D eigenvalue weighted by Crippen LogP contribution is 2.49. The minimum atomic E-state index is -0.113. The number of thioether (sulfide) groups is 1. The van der Waals surface area contributed by atoms with Gasteiger partial charge in [-0.3, -0.25) is 14.2 Å². The van der Waals surface area contributed by atoms with Crippen LogP contribution in [0.4, 0.5) is 0 Å². The molecule has 1 N–H and O–H groups in total. The monoisotopic (exact) mass is 447 g/mol. The number of aryl methyl sites for hydroxylation is 1. The van der Waals surface area contributed by atoms with E-state index in [0.29, 0.717) is 22.0 Å². The standard InChI is InChI=1S/C26H29N3O2S/c1-16-7-11-20(12-8-16)29-25(31)21-5-3-4-6-23(21)28-26(29)32-15-24(30)27-17(2)22-14-18-9-10-19(22)13-18/h3-8,11-12,17-19,22H,9-10,13-15H2,1-2H3,(H,27,30). The summed E-state index contributed by atoms with van der Waals surface area (Å²) in [5.74, 6) is 2.48. The van der Waals surface area contributed by atoms with Gasteiger partial charge in [-0.1, -0.05) is 48.0 Å². The summed E-state index contributed by atoms with van der Waals surface area (Å²) in [6.07, 6.45) is 5.26. The Morgan fingerprint density at radius 1 is 1.16 bits per heavy atom. The van der Waals surface area contributed by atoms with Gasteiger partial charge in [0.2, 0.25) is 5.91 Å². The number of fused-ring (bicyclic) bond motifs is 3. The van der Waals surface area contributed by atoms with E-state index in [9.17, 15) is 9.59 Å². The lowest BCUT2D eigenvalue weighted by Crippen LogP contribution is -2.41. The molecule has 5 nitrogen and oxygen atoms in total. The lowest BCUT2D eigenvalue weighted by Gasteiger charge is -2.28. The van der Waals surface area contributed by atoms with Crippen molar-refractivity contribution in [2.24, 2.45) is 17.8 Å². The normalized spacial score (nSPS) is 22.9. The highest BCUT2D eigenvalue weighted by Gasteiger charge is 2.42. The molecule has 2 aliphatic rings. The Morgan fingerprint density at radius 2 is 1.94 bits per heavy atom. The first-order chi connectivity index (χ1) is 15.5. The van der Waals surface area contributed by atoms with Crippen LogP contribution in [0.2, 0.25) is 0 Å². The van der Waals surface area contributed by atoms with Crippen molar-refractivity contribution in [3.8, 4) is 5.69 Å². The summed E-state index contributed by atoms with van der Waals surface area (Å²) in [7, 11) is 0. The van der Waals surface area contributed by atoms with E-state index in [1.807, 2.05) is 49.4 Å². The van der Waals surface area contributed by atoms with Crippen LogP contribution < -0.4 is 10.9 Å². The van der Waals surface area contributed by atoms with E-state index in [0.717, 1.165) is 23.1 Å². The average Bonchev–Trinajstić information content (AvgIpc) is 3.43. The molecule has 1 amide bonds. The molecule has 6 heteroatoms. The molecule has 2 saturated carbocycles. The molecule has 2 aromatic carbocycles. The molecular weight excluding hydrogens is 418 g/mol. The molecule has 1 aromatic heterocycles. The average molecular weight is 448 g/mol. The number of carbonyl (C=O) groups is 1. The number of carbonyl (C=O) groups excluding carboxylic acids is 1. The topological polar surface area (TPSA) is 64.0 Å². The predicted molar refractivity (Wildman–Crippen MR) is 129 cm³/mol. The van der Waals surface area contributed by atoms with Crippen molar-refractivity contribution in [3.05, 3.63) is 64.4 Å². The quantitative estimate of drug-likeness (QED) is 0.438. The molecule has 5 rings (SSSR count). The van der Waals surface area contributed by atoms with Crippen molar-refractivity contribution in [3.63, 3.8) is 0 Å². The summed E-state index contributed by atoms with van der Waals surface area (Å²) >= 11 is 1.32. The summed E-state index contributed by atoms with van der Waals surface area (Å²) in [6, 6.07) is 15.4. The van der Waals surface area contributed by atoms with E-state index in [-0.39, 0.29) is 23.3 Å². The number of benzene rings is 2. The van der Waals surface area contributed by atoms with Crippen molar-refractivity contribution in [1.82, 2.24) is 14.9 Å². The third kappa shape index (κ3) is 4.08. The number of para-hydroxylation sites is 1. The summed E-state index contributed by atoms with van der Waals surface area (Å²) < 4.78 is 1.62. The Morgan fingerprint density at radius 3 is 2.66 bits per heavy atom. The number of nitrogens with zero attached hydrogens (tertiary/aromatic N) is 2. The third-order valence-electron chi connectivity index (χ3n) is 7.19. The molecule has 1 heterocycles. The highest BCUT2D eigenvalue weighted by molar-refractivity contribution is 7.99. The number of aromatic nitrogens is 2. The predicted octanol–water partition coefficient (Wildman–Crippen LogP) is 4.73. The first-order valence-electron chi connectivity index (χ1n) is 11.5. The van der Waals surface area contributed by atoms with Gasteiger partial charge in [-0.2, -0.15) is 0 Å². The highest BCUT2D eigenvalue weighted by atomic mass is 32.2. The Hall–Kier alpha value is -2.60. The maximum absolute atomic E-state index is 13.3. The molecule has 2 bridgehead atoms. The summed E-state index contributed by atoms with van der Waals surface area (Å²) in [4.78, 5) is 30.8. The lowest BCUT2D eigenvalue weighted by molar-refractivity contribution is -0.119. The molecule has 2 fully saturated rings. The van der Waals surface area contributed by atoms with Crippen molar-refractivity contribution >= 4 is 28.6 Å². The van der Waals surface area contributed by atoms with Gasteiger partial charge in [-0.15, -0.1) is 0 Å². The zero-order valence-electron chi connectivity index (χ0n) is 18.6. The molecule has 0 radical (unpaired) electrons. The second-order valence-electron chi connectivity index (χ2n) is 9.37. The van der Waals surface area contributed by atoms with Crippen molar-refractivity contribution in [2.45, 2.75) is 50.7 Å². The molecular formula is C26H29N3O2S. The van der Waals surface area contributed by atoms with E-state index in [4.69, 9.17) is 4.98 Å². The van der Waals surface area contributed by atoms with E-state index >= 15 is 0 Å². The van der Waals surface area contributed by atoms with Crippen LogP contribution in [0.15, 0.2) is 58.5 Å². The Kier molecular flexibility index (Phi) is 5.80. The number of hydrogen-bond acceptors (Lipinski definition) is 4. The van der Waals surface area contributed by atoms with Crippen LogP contribution in [-0.4, -0.2) is 27.3 Å². The Bertz CT molecular complexity index is 1200. The first-order valence-corrected chi connectivity index (χ1v) is 12.5. The fourth-order valence-corrected chi connectivity index (χ4v) is 6.39. The molecule has 0 spiro atoms. The number of amides is 1. The van der Waals surface area contributed by atoms with Crippen molar-refractivity contribution in [2.75, 3.05) is 5.75 Å². The van der Waals surface area contributed by atoms with E-state index < -0.39 is 0 Å². The van der Waals surface area contributed by atoms with Crippen LogP contribution in [0, 0.1) is 24.7 Å². The summed E-state index contributed by atoms with van der Waals surface area (Å²) in [5, 5.41) is 4.34. The second-order valence-corrected chi connectivity index (χ2v) is 10.3. The SMILES string of the molecule is Cc1ccc(-n2c(SCC(=O)NC(C)C3CC4CCC3C4)nc3ccccc3c2=O)cc1. The van der Waals surface area contributed by atoms with Gasteiger partial charge in [-0.25, -0.2) is 4.98 Å². The fourth-order valence-electron chi connectivity index (χ4n) is 5.57. The third-order valence-corrected chi connectivity index (χ3v) is 8.13. The van der Waals surface area contributed by atoms with Gasteiger partial charge in [0.15, 0.2) is 5.16 Å². The first kappa shape index (κ1) is 21.3. The molecule has 4 atom stereocenters. The van der Waals surface area contributed by atoms with Crippen LogP contribution in [-0.2, 0) is 4.79 Å². The van der Waals surface area contributed by atoms with E-state index in [1.165, 1.54) is 37.4 Å². The van der Waals surface area contributed by atoms with Gasteiger partial charge in [0, 0.05) is 6.04 Å². The summed E-state index contributed by atoms with van der Waals surface area (Å²) in [5.41, 5.74) is 2.42. The zero-order chi connectivity index (χ0) is 22.2. The molecule has 32 heavy (non-hydrogen) atoms.